The lowest BCUT2D eigenvalue weighted by molar-refractivity contribution is 0.552. The molecular formula is C29H41N5O2. The van der Waals surface area contributed by atoms with Gasteiger partial charge < -0.3 is 8.83 Å². The summed E-state index contributed by atoms with van der Waals surface area (Å²) in [6.45, 7) is 18.5. The van der Waals surface area contributed by atoms with E-state index in [-0.39, 0.29) is 0 Å². The van der Waals surface area contributed by atoms with Crippen LogP contribution in [0.5, 0.6) is 0 Å². The van der Waals surface area contributed by atoms with Gasteiger partial charge >= 0.3 is 0 Å². The summed E-state index contributed by atoms with van der Waals surface area (Å²) in [6, 6.07) is 3.99. The van der Waals surface area contributed by atoms with Crippen molar-refractivity contribution in [2.45, 2.75) is 80.6 Å². The van der Waals surface area contributed by atoms with Gasteiger partial charge in [-0.25, -0.2) is 9.97 Å². The average molecular weight is 492 g/mol. The minimum absolute atomic E-state index is 0.400. The van der Waals surface area contributed by atoms with Crippen molar-refractivity contribution in [3.63, 3.8) is 0 Å². The van der Waals surface area contributed by atoms with Gasteiger partial charge in [0, 0.05) is 49.1 Å². The zero-order chi connectivity index (χ0) is 26.8. The number of fused-ring (bicyclic) bond motifs is 2. The van der Waals surface area contributed by atoms with Crippen LogP contribution in [0.15, 0.2) is 52.0 Å². The Labute approximate surface area is 215 Å². The Hall–Kier alpha value is -3.48. The van der Waals surface area contributed by atoms with Crippen LogP contribution >= 0.6 is 0 Å². The van der Waals surface area contributed by atoms with Gasteiger partial charge in [-0.2, -0.15) is 5.10 Å². The summed E-state index contributed by atoms with van der Waals surface area (Å²) < 4.78 is 12.9. The maximum absolute atomic E-state index is 5.57. The van der Waals surface area contributed by atoms with Crippen molar-refractivity contribution in [2.75, 3.05) is 0 Å². The van der Waals surface area contributed by atoms with Gasteiger partial charge in [0.15, 0.2) is 17.1 Å². The summed E-state index contributed by atoms with van der Waals surface area (Å²) in [5, 5.41) is 4.19. The van der Waals surface area contributed by atoms with E-state index in [4.69, 9.17) is 8.83 Å². The first kappa shape index (κ1) is 28.8. The largest absolute Gasteiger partial charge is 0.462 e. The molecule has 0 radical (unpaired) electrons. The Bertz CT molecular complexity index is 1350. The van der Waals surface area contributed by atoms with Crippen molar-refractivity contribution in [2.24, 2.45) is 7.05 Å². The second-order valence-electron chi connectivity index (χ2n) is 8.41. The topological polar surface area (TPSA) is 82.8 Å². The molecule has 1 unspecified atom stereocenters. The molecule has 194 valence electrons. The lowest BCUT2D eigenvalue weighted by Gasteiger charge is -2.07. The molecule has 0 saturated heterocycles. The highest BCUT2D eigenvalue weighted by atomic mass is 16.3. The van der Waals surface area contributed by atoms with Gasteiger partial charge in [0.2, 0.25) is 0 Å². The third-order valence-electron chi connectivity index (χ3n) is 5.64. The third kappa shape index (κ3) is 6.59. The average Bonchev–Trinajstić information content (AvgIpc) is 3.64. The molecule has 0 N–H and O–H groups in total. The fraction of sp³-hybridized carbons (Fsp3) is 0.448. The van der Waals surface area contributed by atoms with Gasteiger partial charge in [-0.3, -0.25) is 9.67 Å². The standard InChI is InChI=1S/C14H15N3O.C11H14N2O.2C2H6/c1-9(2)11-6-13(10-7-15-17(3)8-10)16-12-4-5-18-14(11)12;1-4-7(2)9-5-12-6-10-11(9)14-8(3)13-10;2*1-2/h4-9H,1-3H3;5-7H,4H2,1-3H3;2*1-2H3. The highest BCUT2D eigenvalue weighted by molar-refractivity contribution is 5.80. The number of pyridine rings is 2. The Kier molecular flexibility index (Phi) is 10.8. The Morgan fingerprint density at radius 2 is 1.64 bits per heavy atom. The number of oxazole rings is 1. The van der Waals surface area contributed by atoms with Crippen molar-refractivity contribution < 1.29 is 8.83 Å². The summed E-state index contributed by atoms with van der Waals surface area (Å²) in [4.78, 5) is 13.0. The lowest BCUT2D eigenvalue weighted by Crippen LogP contribution is -1.92. The molecule has 5 aromatic heterocycles. The van der Waals surface area contributed by atoms with Crippen LogP contribution < -0.4 is 0 Å². The number of hydrogen-bond donors (Lipinski definition) is 0. The van der Waals surface area contributed by atoms with Crippen LogP contribution in [0.2, 0.25) is 0 Å². The van der Waals surface area contributed by atoms with Crippen molar-refractivity contribution in [1.29, 1.82) is 0 Å². The minimum Gasteiger partial charge on any atom is -0.462 e. The molecule has 1 atom stereocenters. The van der Waals surface area contributed by atoms with Crippen molar-refractivity contribution in [1.82, 2.24) is 24.7 Å². The zero-order valence-corrected chi connectivity index (χ0v) is 23.5. The van der Waals surface area contributed by atoms with Gasteiger partial charge in [-0.1, -0.05) is 55.4 Å². The highest BCUT2D eigenvalue weighted by Gasteiger charge is 2.14. The zero-order valence-electron chi connectivity index (χ0n) is 23.5. The summed E-state index contributed by atoms with van der Waals surface area (Å²) >= 11 is 0. The molecule has 0 bridgehead atoms. The van der Waals surface area contributed by atoms with Crippen LogP contribution in [0.1, 0.15) is 90.7 Å². The predicted molar refractivity (Wildman–Crippen MR) is 148 cm³/mol. The lowest BCUT2D eigenvalue weighted by atomic mass is 10.00. The molecule has 7 heteroatoms. The first-order valence-electron chi connectivity index (χ1n) is 13.0. The first-order chi connectivity index (χ1) is 17.4. The third-order valence-corrected chi connectivity index (χ3v) is 5.64. The van der Waals surface area contributed by atoms with E-state index in [0.29, 0.717) is 17.7 Å². The number of hydrogen-bond acceptors (Lipinski definition) is 6. The molecule has 5 heterocycles. The molecule has 0 aliphatic heterocycles. The second-order valence-corrected chi connectivity index (χ2v) is 8.41. The highest BCUT2D eigenvalue weighted by Crippen LogP contribution is 2.30. The van der Waals surface area contributed by atoms with Gasteiger partial charge in [0.25, 0.3) is 0 Å². The van der Waals surface area contributed by atoms with Gasteiger partial charge in [0.1, 0.15) is 11.0 Å². The van der Waals surface area contributed by atoms with Crippen molar-refractivity contribution in [3.05, 3.63) is 60.2 Å². The molecule has 5 aromatic rings. The molecule has 0 fully saturated rings. The van der Waals surface area contributed by atoms with Crippen LogP contribution in [0.3, 0.4) is 0 Å². The molecule has 0 spiro atoms. The summed E-state index contributed by atoms with van der Waals surface area (Å²) in [7, 11) is 1.91. The minimum atomic E-state index is 0.400. The molecule has 7 nitrogen and oxygen atoms in total. The molecule has 36 heavy (non-hydrogen) atoms. The van der Waals surface area contributed by atoms with Gasteiger partial charge in [-0.15, -0.1) is 0 Å². The van der Waals surface area contributed by atoms with Crippen molar-refractivity contribution >= 4 is 22.2 Å². The van der Waals surface area contributed by atoms with E-state index in [1.807, 2.05) is 66.3 Å². The maximum Gasteiger partial charge on any atom is 0.192 e. The van der Waals surface area contributed by atoms with Crippen LogP contribution in [0.25, 0.3) is 33.5 Å². The quantitative estimate of drug-likeness (QED) is 0.251. The molecule has 5 rings (SSSR count). The smallest absolute Gasteiger partial charge is 0.192 e. The molecular weight excluding hydrogens is 450 g/mol. The molecule has 0 amide bonds. The normalized spacial score (nSPS) is 11.3. The molecule has 0 saturated carbocycles. The van der Waals surface area contributed by atoms with Crippen molar-refractivity contribution in [3.8, 4) is 11.3 Å². The van der Waals surface area contributed by atoms with E-state index >= 15 is 0 Å². The number of rotatable bonds is 4. The van der Waals surface area contributed by atoms with E-state index in [0.717, 1.165) is 45.4 Å². The molecule has 0 aliphatic rings. The van der Waals surface area contributed by atoms with Gasteiger partial charge in [-0.05, 0) is 24.3 Å². The monoisotopic (exact) mass is 491 g/mol. The maximum atomic E-state index is 5.57. The van der Waals surface area contributed by atoms with E-state index in [9.17, 15) is 0 Å². The number of aryl methyl sites for hydroxylation is 2. The van der Waals surface area contributed by atoms with E-state index in [1.54, 1.807) is 17.1 Å². The van der Waals surface area contributed by atoms with E-state index < -0.39 is 0 Å². The number of furan rings is 1. The Morgan fingerprint density at radius 3 is 2.25 bits per heavy atom. The van der Waals surface area contributed by atoms with E-state index in [2.05, 4.69) is 53.8 Å². The van der Waals surface area contributed by atoms with Crippen LogP contribution in [0, 0.1) is 6.92 Å². The Balaban J connectivity index is 0.000000228. The van der Waals surface area contributed by atoms with Crippen LogP contribution in [0.4, 0.5) is 0 Å². The summed E-state index contributed by atoms with van der Waals surface area (Å²) in [5.74, 6) is 1.58. The summed E-state index contributed by atoms with van der Waals surface area (Å²) in [5.41, 5.74) is 7.86. The van der Waals surface area contributed by atoms with E-state index in [1.165, 1.54) is 5.56 Å². The fourth-order valence-electron chi connectivity index (χ4n) is 3.67. The number of nitrogens with zero attached hydrogens (tertiary/aromatic N) is 5. The van der Waals surface area contributed by atoms with Crippen LogP contribution in [-0.2, 0) is 7.05 Å². The fourth-order valence-corrected chi connectivity index (χ4v) is 3.67. The second kappa shape index (κ2) is 13.6. The first-order valence-corrected chi connectivity index (χ1v) is 13.0. The summed E-state index contributed by atoms with van der Waals surface area (Å²) in [6.07, 6.45) is 10.2. The molecule has 0 aromatic carbocycles. The number of aromatic nitrogens is 5. The molecule has 0 aliphatic carbocycles. The van der Waals surface area contributed by atoms with Crippen LogP contribution in [-0.4, -0.2) is 24.7 Å². The Morgan fingerprint density at radius 1 is 0.917 bits per heavy atom. The predicted octanol–water partition coefficient (Wildman–Crippen LogP) is 8.45. The SMILES string of the molecule is CC.CC.CC(C)c1cc(-c2cnn(C)c2)nc2ccoc12.CCC(C)c1cncc2nc(C)oc12. The van der Waals surface area contributed by atoms with Gasteiger partial charge in [0.05, 0.1) is 24.4 Å².